The minimum atomic E-state index is -0.545. The fourth-order valence-corrected chi connectivity index (χ4v) is 1.63. The minimum absolute atomic E-state index is 0.0536. The molecule has 1 aromatic carbocycles. The topological polar surface area (TPSA) is 52.3 Å². The maximum Gasteiger partial charge on any atom is 0.375 e. The Kier molecular flexibility index (Phi) is 3.89. The SMILES string of the molecule is CCOC(=O)c1cnc(-c2ccc(Cl)c(Cl)c2)o1. The number of nitrogens with zero attached hydrogens (tertiary/aromatic N) is 1. The molecule has 1 heterocycles. The molecule has 2 aromatic rings. The van der Waals surface area contributed by atoms with Gasteiger partial charge in [0.25, 0.3) is 0 Å². The van der Waals surface area contributed by atoms with Crippen LogP contribution in [0.1, 0.15) is 17.5 Å². The molecule has 18 heavy (non-hydrogen) atoms. The van der Waals surface area contributed by atoms with E-state index < -0.39 is 5.97 Å². The van der Waals surface area contributed by atoms with Crippen molar-refractivity contribution in [3.8, 4) is 11.5 Å². The Morgan fingerprint density at radius 1 is 1.39 bits per heavy atom. The van der Waals surface area contributed by atoms with Crippen LogP contribution in [0.4, 0.5) is 0 Å². The average Bonchev–Trinajstić information content (AvgIpc) is 2.82. The second kappa shape index (κ2) is 5.42. The van der Waals surface area contributed by atoms with Gasteiger partial charge in [0.1, 0.15) is 0 Å². The van der Waals surface area contributed by atoms with E-state index in [-0.39, 0.29) is 18.3 Å². The van der Waals surface area contributed by atoms with Crippen LogP contribution in [0.15, 0.2) is 28.8 Å². The number of halogens is 2. The molecule has 0 saturated heterocycles. The molecule has 4 nitrogen and oxygen atoms in total. The van der Waals surface area contributed by atoms with Crippen molar-refractivity contribution in [1.29, 1.82) is 0 Å². The van der Waals surface area contributed by atoms with E-state index in [0.717, 1.165) is 0 Å². The summed E-state index contributed by atoms with van der Waals surface area (Å²) in [7, 11) is 0. The molecule has 1 aromatic heterocycles. The quantitative estimate of drug-likeness (QED) is 0.805. The smallest absolute Gasteiger partial charge is 0.375 e. The molecular weight excluding hydrogens is 277 g/mol. The molecule has 0 fully saturated rings. The Morgan fingerprint density at radius 3 is 2.83 bits per heavy atom. The number of benzene rings is 1. The molecule has 0 bridgehead atoms. The molecule has 0 N–H and O–H groups in total. The molecule has 0 amide bonds. The van der Waals surface area contributed by atoms with Gasteiger partial charge in [-0.1, -0.05) is 23.2 Å². The normalized spacial score (nSPS) is 10.4. The fraction of sp³-hybridized carbons (Fsp3) is 0.167. The van der Waals surface area contributed by atoms with E-state index in [4.69, 9.17) is 32.4 Å². The monoisotopic (exact) mass is 285 g/mol. The highest BCUT2D eigenvalue weighted by Gasteiger charge is 2.15. The molecule has 0 spiro atoms. The van der Waals surface area contributed by atoms with Gasteiger partial charge in [0.2, 0.25) is 11.7 Å². The Labute approximate surface area is 113 Å². The second-order valence-corrected chi connectivity index (χ2v) is 4.19. The van der Waals surface area contributed by atoms with Gasteiger partial charge in [0, 0.05) is 5.56 Å². The van der Waals surface area contributed by atoms with Crippen molar-refractivity contribution in [1.82, 2.24) is 4.98 Å². The molecule has 0 aliphatic rings. The van der Waals surface area contributed by atoms with E-state index in [1.54, 1.807) is 25.1 Å². The predicted molar refractivity (Wildman–Crippen MR) is 67.9 cm³/mol. The number of hydrogen-bond acceptors (Lipinski definition) is 4. The Morgan fingerprint density at radius 2 is 2.17 bits per heavy atom. The number of aromatic nitrogens is 1. The maximum absolute atomic E-state index is 11.4. The lowest BCUT2D eigenvalue weighted by atomic mass is 10.2. The third-order valence-corrected chi connectivity index (χ3v) is 2.89. The van der Waals surface area contributed by atoms with Crippen LogP contribution in [0.5, 0.6) is 0 Å². The molecule has 94 valence electrons. The third-order valence-electron chi connectivity index (χ3n) is 2.15. The lowest BCUT2D eigenvalue weighted by Gasteiger charge is -1.99. The van der Waals surface area contributed by atoms with Gasteiger partial charge in [-0.05, 0) is 25.1 Å². The average molecular weight is 286 g/mol. The molecule has 0 aliphatic heterocycles. The van der Waals surface area contributed by atoms with Crippen molar-refractivity contribution in [2.45, 2.75) is 6.92 Å². The number of carbonyl (C=O) groups is 1. The molecule has 0 radical (unpaired) electrons. The summed E-state index contributed by atoms with van der Waals surface area (Å²) < 4.78 is 10.1. The summed E-state index contributed by atoms with van der Waals surface area (Å²) in [6.45, 7) is 2.00. The van der Waals surface area contributed by atoms with Crippen molar-refractivity contribution in [2.24, 2.45) is 0 Å². The number of hydrogen-bond donors (Lipinski definition) is 0. The first kappa shape index (κ1) is 12.9. The molecule has 2 rings (SSSR count). The van der Waals surface area contributed by atoms with Gasteiger partial charge in [0.05, 0.1) is 22.8 Å². The zero-order valence-electron chi connectivity index (χ0n) is 9.44. The Balaban J connectivity index is 2.29. The van der Waals surface area contributed by atoms with Gasteiger partial charge in [-0.25, -0.2) is 9.78 Å². The van der Waals surface area contributed by atoms with Crippen LogP contribution in [-0.4, -0.2) is 17.6 Å². The van der Waals surface area contributed by atoms with Crippen LogP contribution < -0.4 is 0 Å². The van der Waals surface area contributed by atoms with Gasteiger partial charge >= 0.3 is 5.97 Å². The zero-order chi connectivity index (χ0) is 13.1. The zero-order valence-corrected chi connectivity index (χ0v) is 11.0. The lowest BCUT2D eigenvalue weighted by molar-refractivity contribution is 0.0491. The third kappa shape index (κ3) is 2.66. The molecule has 0 unspecified atom stereocenters. The first-order valence-corrected chi connectivity index (χ1v) is 5.95. The van der Waals surface area contributed by atoms with E-state index in [2.05, 4.69) is 4.98 Å². The lowest BCUT2D eigenvalue weighted by Crippen LogP contribution is -2.02. The van der Waals surface area contributed by atoms with Gasteiger partial charge in [-0.3, -0.25) is 0 Å². The summed E-state index contributed by atoms with van der Waals surface area (Å²) in [4.78, 5) is 15.4. The number of esters is 1. The number of oxazole rings is 1. The van der Waals surface area contributed by atoms with Crippen molar-refractivity contribution in [2.75, 3.05) is 6.61 Å². The highest BCUT2D eigenvalue weighted by Crippen LogP contribution is 2.28. The van der Waals surface area contributed by atoms with Crippen molar-refractivity contribution >= 4 is 29.2 Å². The van der Waals surface area contributed by atoms with E-state index in [9.17, 15) is 4.79 Å². The van der Waals surface area contributed by atoms with Crippen LogP contribution in [0.3, 0.4) is 0 Å². The first-order valence-electron chi connectivity index (χ1n) is 5.20. The first-order chi connectivity index (χ1) is 8.61. The second-order valence-electron chi connectivity index (χ2n) is 3.38. The van der Waals surface area contributed by atoms with Crippen molar-refractivity contribution in [3.63, 3.8) is 0 Å². The van der Waals surface area contributed by atoms with E-state index in [1.165, 1.54) is 6.20 Å². The summed E-state index contributed by atoms with van der Waals surface area (Å²) in [5.41, 5.74) is 0.639. The van der Waals surface area contributed by atoms with Crippen LogP contribution in [0.25, 0.3) is 11.5 Å². The summed E-state index contributed by atoms with van der Waals surface area (Å²) in [6, 6.07) is 4.95. The Hall–Kier alpha value is -1.52. The van der Waals surface area contributed by atoms with Crippen molar-refractivity contribution < 1.29 is 13.9 Å². The van der Waals surface area contributed by atoms with E-state index >= 15 is 0 Å². The minimum Gasteiger partial charge on any atom is -0.460 e. The number of carbonyl (C=O) groups excluding carboxylic acids is 1. The summed E-state index contributed by atoms with van der Waals surface area (Å²) in [5.74, 6) is -0.203. The molecule has 0 aliphatic carbocycles. The van der Waals surface area contributed by atoms with Crippen molar-refractivity contribution in [3.05, 3.63) is 40.2 Å². The number of rotatable bonds is 3. The standard InChI is InChI=1S/C12H9Cl2NO3/c1-2-17-12(16)10-6-15-11(18-10)7-3-4-8(13)9(14)5-7/h3-6H,2H2,1H3. The highest BCUT2D eigenvalue weighted by atomic mass is 35.5. The van der Waals surface area contributed by atoms with Crippen LogP contribution in [0.2, 0.25) is 10.0 Å². The number of ether oxygens (including phenoxy) is 1. The maximum atomic E-state index is 11.4. The Bertz CT molecular complexity index is 580. The van der Waals surface area contributed by atoms with E-state index in [1.807, 2.05) is 0 Å². The molecule has 0 atom stereocenters. The predicted octanol–water partition coefficient (Wildman–Crippen LogP) is 3.83. The summed E-state index contributed by atoms with van der Waals surface area (Å²) in [6.07, 6.45) is 1.32. The van der Waals surface area contributed by atoms with Crippen LogP contribution >= 0.6 is 23.2 Å². The molecule has 0 saturated carbocycles. The molecule has 6 heteroatoms. The largest absolute Gasteiger partial charge is 0.460 e. The summed E-state index contributed by atoms with van der Waals surface area (Å²) in [5, 5.41) is 0.836. The van der Waals surface area contributed by atoms with Crippen LogP contribution in [0, 0.1) is 0 Å². The van der Waals surface area contributed by atoms with Gasteiger partial charge in [0.15, 0.2) is 0 Å². The van der Waals surface area contributed by atoms with Crippen LogP contribution in [-0.2, 0) is 4.74 Å². The van der Waals surface area contributed by atoms with E-state index in [0.29, 0.717) is 15.6 Å². The molecular formula is C12H9Cl2NO3. The summed E-state index contributed by atoms with van der Waals surface area (Å²) >= 11 is 11.7. The fourth-order valence-electron chi connectivity index (χ4n) is 1.33. The van der Waals surface area contributed by atoms with Gasteiger partial charge in [-0.2, -0.15) is 0 Å². The van der Waals surface area contributed by atoms with Gasteiger partial charge < -0.3 is 9.15 Å². The van der Waals surface area contributed by atoms with Gasteiger partial charge in [-0.15, -0.1) is 0 Å². The highest BCUT2D eigenvalue weighted by molar-refractivity contribution is 6.42.